The van der Waals surface area contributed by atoms with Gasteiger partial charge in [0.25, 0.3) is 5.91 Å². The van der Waals surface area contributed by atoms with Crippen molar-refractivity contribution in [2.24, 2.45) is 7.05 Å². The number of rotatable bonds is 6. The first-order valence-corrected chi connectivity index (χ1v) is 13.8. The maximum Gasteiger partial charge on any atom is 0.329 e. The molecular formula is C29H30N4O4S. The van der Waals surface area contributed by atoms with Gasteiger partial charge in [0.15, 0.2) is 0 Å². The van der Waals surface area contributed by atoms with Crippen LogP contribution in [-0.4, -0.2) is 55.4 Å². The highest BCUT2D eigenvalue weighted by atomic mass is 32.1. The summed E-state index contributed by atoms with van der Waals surface area (Å²) in [6, 6.07) is 12.2. The number of nitrogens with zero attached hydrogens (tertiary/aromatic N) is 4. The fraction of sp³-hybridized carbons (Fsp3) is 0.345. The Morgan fingerprint density at radius 1 is 1.16 bits per heavy atom. The number of aromatic nitrogens is 3. The molecule has 0 bridgehead atoms. The molecule has 0 radical (unpaired) electrons. The normalized spacial score (nSPS) is 18.3. The lowest BCUT2D eigenvalue weighted by molar-refractivity contribution is -0.148. The van der Waals surface area contributed by atoms with E-state index in [4.69, 9.17) is 4.74 Å². The number of benzene rings is 1. The second-order valence-corrected chi connectivity index (χ2v) is 11.0. The number of likely N-dealkylation sites (tertiary alicyclic amines) is 1. The number of methoxy groups -OCH3 is 1. The van der Waals surface area contributed by atoms with Crippen LogP contribution in [0.25, 0.3) is 33.0 Å². The minimum Gasteiger partial charge on any atom is -0.496 e. The van der Waals surface area contributed by atoms with Crippen molar-refractivity contribution in [3.05, 3.63) is 59.2 Å². The third-order valence-corrected chi connectivity index (χ3v) is 9.00. The molecule has 196 valence electrons. The van der Waals surface area contributed by atoms with E-state index < -0.39 is 11.5 Å². The predicted octanol–water partition coefficient (Wildman–Crippen LogP) is 5.32. The van der Waals surface area contributed by atoms with Crippen molar-refractivity contribution >= 4 is 23.2 Å². The molecule has 0 spiro atoms. The van der Waals surface area contributed by atoms with Crippen LogP contribution in [0.4, 0.5) is 0 Å². The van der Waals surface area contributed by atoms with Crippen molar-refractivity contribution in [1.82, 2.24) is 19.2 Å². The Labute approximate surface area is 225 Å². The van der Waals surface area contributed by atoms with E-state index in [0.717, 1.165) is 50.7 Å². The number of hydrogen-bond donors (Lipinski definition) is 1. The van der Waals surface area contributed by atoms with Gasteiger partial charge in [0.05, 0.1) is 18.5 Å². The summed E-state index contributed by atoms with van der Waals surface area (Å²) in [6.07, 6.45) is 4.19. The highest BCUT2D eigenvalue weighted by Crippen LogP contribution is 2.46. The number of carboxylic acids is 1. The lowest BCUT2D eigenvalue weighted by atomic mass is 9.92. The zero-order chi connectivity index (χ0) is 26.6. The van der Waals surface area contributed by atoms with Gasteiger partial charge in [-0.25, -0.2) is 4.79 Å². The molecule has 1 atom stereocenters. The number of carboxylic acid groups (broad SMARTS) is 1. The minimum absolute atomic E-state index is 0.210. The molecule has 3 aromatic heterocycles. The summed E-state index contributed by atoms with van der Waals surface area (Å²) in [5.74, 6) is -0.368. The Morgan fingerprint density at radius 2 is 2.00 bits per heavy atom. The summed E-state index contributed by atoms with van der Waals surface area (Å²) in [5.41, 5.74) is 5.26. The summed E-state index contributed by atoms with van der Waals surface area (Å²) < 4.78 is 9.62. The first-order chi connectivity index (χ1) is 18.4. The van der Waals surface area contributed by atoms with E-state index in [1.807, 2.05) is 43.7 Å². The number of amides is 1. The van der Waals surface area contributed by atoms with Crippen LogP contribution in [0.5, 0.6) is 5.75 Å². The number of hydrogen-bond acceptors (Lipinski definition) is 5. The Bertz CT molecular complexity index is 1550. The Kier molecular flexibility index (Phi) is 5.90. The fourth-order valence-electron chi connectivity index (χ4n) is 6.13. The third-order valence-electron chi connectivity index (χ3n) is 8.09. The molecule has 4 aromatic rings. The molecule has 8 nitrogen and oxygen atoms in total. The van der Waals surface area contributed by atoms with Crippen LogP contribution >= 0.6 is 11.3 Å². The molecule has 0 saturated carbocycles. The molecule has 5 heterocycles. The van der Waals surface area contributed by atoms with Gasteiger partial charge in [-0.05, 0) is 67.0 Å². The van der Waals surface area contributed by atoms with Gasteiger partial charge in [-0.2, -0.15) is 5.10 Å². The number of fused-ring (bicyclic) bond motifs is 3. The molecule has 1 aromatic carbocycles. The Balaban J connectivity index is 1.55. The van der Waals surface area contributed by atoms with Crippen molar-refractivity contribution < 1.29 is 19.4 Å². The minimum atomic E-state index is -1.16. The second-order valence-electron chi connectivity index (χ2n) is 10.0. The van der Waals surface area contributed by atoms with Crippen LogP contribution in [0, 0.1) is 0 Å². The lowest BCUT2D eigenvalue weighted by Crippen LogP contribution is -2.53. The first-order valence-electron chi connectivity index (χ1n) is 12.9. The maximum atomic E-state index is 14.1. The van der Waals surface area contributed by atoms with Crippen LogP contribution in [-0.2, 0) is 24.8 Å². The van der Waals surface area contributed by atoms with Crippen LogP contribution < -0.4 is 4.74 Å². The van der Waals surface area contributed by atoms with Crippen LogP contribution in [0.2, 0.25) is 0 Å². The number of carbonyl (C=O) groups is 2. The van der Waals surface area contributed by atoms with E-state index >= 15 is 0 Å². The third kappa shape index (κ3) is 3.60. The topological polar surface area (TPSA) is 89.6 Å². The molecule has 0 aliphatic carbocycles. The Hall–Kier alpha value is -3.85. The molecule has 1 N–H and O–H groups in total. The number of thiophene rings is 1. The quantitative estimate of drug-likeness (QED) is 0.365. The molecule has 1 unspecified atom stereocenters. The fourth-order valence-corrected chi connectivity index (χ4v) is 6.88. The van der Waals surface area contributed by atoms with Gasteiger partial charge in [0.1, 0.15) is 17.0 Å². The molecule has 9 heteroatoms. The van der Waals surface area contributed by atoms with Crippen molar-refractivity contribution in [3.8, 4) is 38.7 Å². The second kappa shape index (κ2) is 9.16. The number of ether oxygens (including phenoxy) is 1. The number of aliphatic carboxylic acids is 1. The van der Waals surface area contributed by atoms with Gasteiger partial charge in [0, 0.05) is 47.9 Å². The predicted molar refractivity (Wildman–Crippen MR) is 147 cm³/mol. The van der Waals surface area contributed by atoms with E-state index in [2.05, 4.69) is 27.9 Å². The van der Waals surface area contributed by atoms with Crippen LogP contribution in [0.15, 0.2) is 48.0 Å². The van der Waals surface area contributed by atoms with E-state index in [9.17, 15) is 14.7 Å². The van der Waals surface area contributed by atoms with E-state index in [1.165, 1.54) is 0 Å². The summed E-state index contributed by atoms with van der Waals surface area (Å²) in [6.45, 7) is 2.93. The zero-order valence-corrected chi connectivity index (χ0v) is 22.5. The van der Waals surface area contributed by atoms with E-state index in [1.54, 1.807) is 28.0 Å². The maximum absolute atomic E-state index is 14.1. The summed E-state index contributed by atoms with van der Waals surface area (Å²) in [5, 5.41) is 16.8. The average molecular weight is 531 g/mol. The van der Waals surface area contributed by atoms with Crippen molar-refractivity contribution in [2.75, 3.05) is 13.7 Å². The lowest BCUT2D eigenvalue weighted by Gasteiger charge is -2.34. The van der Waals surface area contributed by atoms with Crippen molar-refractivity contribution in [3.63, 3.8) is 0 Å². The van der Waals surface area contributed by atoms with Gasteiger partial charge in [-0.15, -0.1) is 11.3 Å². The van der Waals surface area contributed by atoms with Gasteiger partial charge in [-0.1, -0.05) is 13.0 Å². The van der Waals surface area contributed by atoms with Gasteiger partial charge >= 0.3 is 5.97 Å². The van der Waals surface area contributed by atoms with E-state index in [0.29, 0.717) is 38.0 Å². The molecule has 38 heavy (non-hydrogen) atoms. The van der Waals surface area contributed by atoms with Crippen molar-refractivity contribution in [1.29, 1.82) is 0 Å². The number of aryl methyl sites for hydroxylation is 2. The molecule has 6 rings (SSSR count). The number of carbonyl (C=O) groups excluding carboxylic acids is 1. The average Bonchev–Trinajstić information content (AvgIpc) is 3.72. The van der Waals surface area contributed by atoms with Crippen LogP contribution in [0.3, 0.4) is 0 Å². The summed E-state index contributed by atoms with van der Waals surface area (Å²) in [7, 11) is 3.56. The molecule has 1 fully saturated rings. The largest absolute Gasteiger partial charge is 0.496 e. The SMILES string of the molecule is CCC1(C(=O)O)CCCN1C(=O)c1cc(-c2cccs2)c2n1CCc1cc(OC)c(-c3ccn(C)n3)cc1-2. The Morgan fingerprint density at radius 3 is 2.66 bits per heavy atom. The van der Waals surface area contributed by atoms with Gasteiger partial charge in [-0.3, -0.25) is 9.48 Å². The highest BCUT2D eigenvalue weighted by molar-refractivity contribution is 7.13. The monoisotopic (exact) mass is 530 g/mol. The smallest absolute Gasteiger partial charge is 0.329 e. The summed E-state index contributed by atoms with van der Waals surface area (Å²) >= 11 is 1.63. The van der Waals surface area contributed by atoms with E-state index in [-0.39, 0.29) is 5.91 Å². The van der Waals surface area contributed by atoms with Crippen molar-refractivity contribution in [2.45, 2.75) is 44.7 Å². The summed E-state index contributed by atoms with van der Waals surface area (Å²) in [4.78, 5) is 29.1. The van der Waals surface area contributed by atoms with Gasteiger partial charge < -0.3 is 19.3 Å². The molecule has 2 aliphatic rings. The molecule has 2 aliphatic heterocycles. The first kappa shape index (κ1) is 24.5. The van der Waals surface area contributed by atoms with Crippen LogP contribution in [0.1, 0.15) is 42.2 Å². The highest BCUT2D eigenvalue weighted by Gasteiger charge is 2.49. The molecular weight excluding hydrogens is 500 g/mol. The standard InChI is InChI=1S/C29H30N4O4S/c1-4-29(28(35)36)10-6-11-33(29)27(34)23-17-21(25-7-5-14-38-25)26-19-16-20(22-9-12-31(2)30-22)24(37-3)15-18(19)8-13-32(23)26/h5,7,9,12,14-17H,4,6,8,10-11,13H2,1-3H3,(H,35,36). The van der Waals surface area contributed by atoms with Gasteiger partial charge in [0.2, 0.25) is 0 Å². The molecule has 1 saturated heterocycles. The zero-order valence-electron chi connectivity index (χ0n) is 21.7. The molecule has 1 amide bonds.